The van der Waals surface area contributed by atoms with E-state index < -0.39 is 0 Å². The fraction of sp³-hybridized carbons (Fsp3) is 0.455. The lowest BCUT2D eigenvalue weighted by Gasteiger charge is -2.32. The molecule has 2 aromatic rings. The van der Waals surface area contributed by atoms with E-state index >= 15 is 0 Å². The molecule has 0 atom stereocenters. The molecule has 0 aromatic carbocycles. The molecule has 6 heteroatoms. The van der Waals surface area contributed by atoms with Crippen LogP contribution in [0.15, 0.2) is 29.2 Å². The molecule has 0 N–H and O–H groups in total. The quantitative estimate of drug-likeness (QED) is 0.332. The van der Waals surface area contributed by atoms with Gasteiger partial charge in [-0.3, -0.25) is 0 Å². The first-order chi connectivity index (χ1) is 12.9. The average molecular weight is 432 g/mol. The monoisotopic (exact) mass is 432 g/mol. The zero-order valence-corrected chi connectivity index (χ0v) is 20.5. The molecule has 0 amide bonds. The normalized spacial score (nSPS) is 19.5. The average Bonchev–Trinajstić information content (AvgIpc) is 3.19. The number of rotatable bonds is 4. The Bertz CT molecular complexity index is 927. The van der Waals surface area contributed by atoms with Crippen LogP contribution in [0.5, 0.6) is 0 Å². The summed E-state index contributed by atoms with van der Waals surface area (Å²) < 4.78 is 13.8. The second kappa shape index (κ2) is 7.80. The molecule has 1 aliphatic heterocycles. The van der Waals surface area contributed by atoms with Crippen molar-refractivity contribution in [1.29, 1.82) is 0 Å². The van der Waals surface area contributed by atoms with Crippen molar-refractivity contribution in [2.75, 3.05) is 0 Å². The van der Waals surface area contributed by atoms with Crippen molar-refractivity contribution in [2.24, 2.45) is 0 Å². The molecule has 0 spiro atoms. The molecule has 1 fully saturated rings. The van der Waals surface area contributed by atoms with E-state index in [9.17, 15) is 0 Å². The van der Waals surface area contributed by atoms with Gasteiger partial charge in [0, 0.05) is 25.0 Å². The van der Waals surface area contributed by atoms with Gasteiger partial charge in [0.2, 0.25) is 0 Å². The molecule has 0 radical (unpaired) electrons. The predicted molar refractivity (Wildman–Crippen MR) is 129 cm³/mol. The highest BCUT2D eigenvalue weighted by molar-refractivity contribution is 7.84. The Hall–Kier alpha value is -0.785. The minimum atomic E-state index is -0.346. The van der Waals surface area contributed by atoms with Crippen LogP contribution in [0.1, 0.15) is 56.2 Å². The first-order valence-corrected chi connectivity index (χ1v) is 11.6. The lowest BCUT2D eigenvalue weighted by Crippen LogP contribution is -2.41. The maximum Gasteiger partial charge on any atom is 0.505 e. The van der Waals surface area contributed by atoms with Crippen molar-refractivity contribution >= 4 is 52.8 Å². The van der Waals surface area contributed by atoms with Crippen LogP contribution in [0.25, 0.3) is 16.7 Å². The highest BCUT2D eigenvalue weighted by Crippen LogP contribution is 2.41. The standard InChI is InChI=1S/C22H29BO2S3/c1-9-16(10-13(2)26)20-18(17-11-14(3)27-15(17)4)12-19(28-20)23-24-21(5,6)22(7,8)25-23/h9-12,26H,1-8H3/b13-10-,16-9-. The summed E-state index contributed by atoms with van der Waals surface area (Å²) in [7, 11) is -0.346. The first kappa shape index (κ1) is 21.9. The van der Waals surface area contributed by atoms with Crippen LogP contribution in [0.2, 0.25) is 0 Å². The van der Waals surface area contributed by atoms with E-state index in [0.29, 0.717) is 0 Å². The molecule has 3 heterocycles. The van der Waals surface area contributed by atoms with E-state index in [0.717, 1.165) is 9.68 Å². The smallest absolute Gasteiger partial charge is 0.399 e. The van der Waals surface area contributed by atoms with Gasteiger partial charge in [-0.15, -0.1) is 35.3 Å². The first-order valence-electron chi connectivity index (χ1n) is 9.56. The fourth-order valence-corrected chi connectivity index (χ4v) is 5.56. The molecule has 1 saturated heterocycles. The van der Waals surface area contributed by atoms with Crippen LogP contribution >= 0.6 is 35.3 Å². The van der Waals surface area contributed by atoms with Crippen molar-refractivity contribution in [2.45, 2.75) is 66.6 Å². The van der Waals surface area contributed by atoms with Gasteiger partial charge in [-0.05, 0) is 89.6 Å². The van der Waals surface area contributed by atoms with E-state index in [-0.39, 0.29) is 18.3 Å². The van der Waals surface area contributed by atoms with Gasteiger partial charge in [0.05, 0.1) is 11.2 Å². The van der Waals surface area contributed by atoms with Gasteiger partial charge >= 0.3 is 7.12 Å². The van der Waals surface area contributed by atoms with E-state index in [1.165, 1.54) is 31.3 Å². The highest BCUT2D eigenvalue weighted by atomic mass is 32.1. The van der Waals surface area contributed by atoms with Crippen molar-refractivity contribution < 1.29 is 9.31 Å². The van der Waals surface area contributed by atoms with Gasteiger partial charge in [-0.25, -0.2) is 0 Å². The van der Waals surface area contributed by atoms with Crippen molar-refractivity contribution in [1.82, 2.24) is 0 Å². The van der Waals surface area contributed by atoms with Gasteiger partial charge in [-0.2, -0.15) is 0 Å². The Morgan fingerprint density at radius 2 is 1.64 bits per heavy atom. The molecule has 2 aromatic heterocycles. The minimum absolute atomic E-state index is 0.345. The SMILES string of the molecule is C/C=C(/C=C(/C)S)c1sc(B2OC(C)(C)C(C)(C)O2)cc1-c1cc(C)sc1C. The molecular formula is C22H29BO2S3. The lowest BCUT2D eigenvalue weighted by atomic mass is 9.86. The molecule has 2 nitrogen and oxygen atoms in total. The minimum Gasteiger partial charge on any atom is -0.399 e. The number of hydrogen-bond donors (Lipinski definition) is 1. The maximum atomic E-state index is 6.33. The Morgan fingerprint density at radius 1 is 1.04 bits per heavy atom. The molecular weight excluding hydrogens is 403 g/mol. The van der Waals surface area contributed by atoms with Crippen LogP contribution in [0.3, 0.4) is 0 Å². The van der Waals surface area contributed by atoms with E-state index in [2.05, 4.69) is 85.4 Å². The van der Waals surface area contributed by atoms with E-state index in [1.807, 2.05) is 18.3 Å². The molecule has 150 valence electrons. The van der Waals surface area contributed by atoms with E-state index in [4.69, 9.17) is 9.31 Å². The van der Waals surface area contributed by atoms with Crippen LogP contribution in [0, 0.1) is 13.8 Å². The predicted octanol–water partition coefficient (Wildman–Crippen LogP) is 6.63. The number of allylic oxidation sites excluding steroid dienone is 4. The third kappa shape index (κ3) is 4.08. The maximum absolute atomic E-state index is 6.33. The largest absolute Gasteiger partial charge is 0.505 e. The molecule has 0 unspecified atom stereocenters. The number of thiophene rings is 2. The van der Waals surface area contributed by atoms with Crippen LogP contribution in [-0.2, 0) is 9.31 Å². The number of aryl methyl sites for hydroxylation is 2. The third-order valence-electron chi connectivity index (χ3n) is 5.51. The lowest BCUT2D eigenvalue weighted by molar-refractivity contribution is 0.00578. The molecule has 3 rings (SSSR count). The Kier molecular flexibility index (Phi) is 6.11. The third-order valence-corrected chi connectivity index (χ3v) is 7.81. The molecule has 28 heavy (non-hydrogen) atoms. The van der Waals surface area contributed by atoms with Gasteiger partial charge in [-0.1, -0.05) is 6.08 Å². The summed E-state index contributed by atoms with van der Waals surface area (Å²) in [4.78, 5) is 4.88. The summed E-state index contributed by atoms with van der Waals surface area (Å²) in [6, 6.07) is 4.53. The van der Waals surface area contributed by atoms with Crippen molar-refractivity contribution in [3.8, 4) is 11.1 Å². The summed E-state index contributed by atoms with van der Waals surface area (Å²) in [6.45, 7) is 16.8. The van der Waals surface area contributed by atoms with Crippen molar-refractivity contribution in [3.63, 3.8) is 0 Å². The zero-order chi connectivity index (χ0) is 20.9. The number of thiol groups is 1. The molecule has 0 bridgehead atoms. The summed E-state index contributed by atoms with van der Waals surface area (Å²) in [5.41, 5.74) is 3.03. The molecule has 0 aliphatic carbocycles. The topological polar surface area (TPSA) is 18.5 Å². The van der Waals surface area contributed by atoms with Gasteiger partial charge < -0.3 is 9.31 Å². The fourth-order valence-electron chi connectivity index (χ4n) is 3.30. The van der Waals surface area contributed by atoms with Gasteiger partial charge in [0.25, 0.3) is 0 Å². The van der Waals surface area contributed by atoms with Crippen LogP contribution in [0.4, 0.5) is 0 Å². The summed E-state index contributed by atoms with van der Waals surface area (Å²) in [5, 5.41) is 0. The Labute approximate surface area is 183 Å². The summed E-state index contributed by atoms with van der Waals surface area (Å²) >= 11 is 8.10. The van der Waals surface area contributed by atoms with Gasteiger partial charge in [0.15, 0.2) is 0 Å². The highest BCUT2D eigenvalue weighted by Gasteiger charge is 2.52. The van der Waals surface area contributed by atoms with E-state index in [1.54, 1.807) is 11.3 Å². The second-order valence-corrected chi connectivity index (χ2v) is 11.6. The Balaban J connectivity index is 2.14. The second-order valence-electron chi connectivity index (χ2n) is 8.34. The van der Waals surface area contributed by atoms with Crippen LogP contribution in [-0.4, -0.2) is 18.3 Å². The summed E-state index contributed by atoms with van der Waals surface area (Å²) in [6.07, 6.45) is 4.28. The number of hydrogen-bond acceptors (Lipinski definition) is 5. The van der Waals surface area contributed by atoms with Crippen molar-refractivity contribution in [3.05, 3.63) is 43.8 Å². The van der Waals surface area contributed by atoms with Crippen LogP contribution < -0.4 is 4.78 Å². The molecule has 1 aliphatic rings. The Morgan fingerprint density at radius 3 is 2.11 bits per heavy atom. The van der Waals surface area contributed by atoms with Gasteiger partial charge in [0.1, 0.15) is 0 Å². The zero-order valence-electron chi connectivity index (χ0n) is 18.0. The molecule has 0 saturated carbocycles. The summed E-state index contributed by atoms with van der Waals surface area (Å²) in [5.74, 6) is 0.